The number of amides is 1. The number of aryl methyl sites for hydroxylation is 2. The van der Waals surface area contributed by atoms with Crippen molar-refractivity contribution in [1.82, 2.24) is 10.2 Å². The summed E-state index contributed by atoms with van der Waals surface area (Å²) in [7, 11) is 0. The van der Waals surface area contributed by atoms with Gasteiger partial charge in [0.05, 0.1) is 6.04 Å². The Morgan fingerprint density at radius 3 is 2.71 bits per heavy atom. The lowest BCUT2D eigenvalue weighted by Gasteiger charge is -2.26. The zero-order valence-electron chi connectivity index (χ0n) is 13.4. The lowest BCUT2D eigenvalue weighted by Crippen LogP contribution is -2.33. The van der Waals surface area contributed by atoms with Crippen LogP contribution in [-0.2, 0) is 4.79 Å². The molecule has 1 heterocycles. The van der Waals surface area contributed by atoms with Gasteiger partial charge in [0.1, 0.15) is 6.17 Å². The van der Waals surface area contributed by atoms with E-state index in [-0.39, 0.29) is 12.2 Å². The maximum absolute atomic E-state index is 12.7. The molecule has 114 valence electrons. The number of unbranched alkanes of at least 4 members (excludes halogenated alkanes) is 1. The molecule has 1 aliphatic heterocycles. The summed E-state index contributed by atoms with van der Waals surface area (Å²) < 4.78 is 0. The van der Waals surface area contributed by atoms with Gasteiger partial charge in [-0.1, -0.05) is 43.5 Å². The first-order valence-corrected chi connectivity index (χ1v) is 8.27. The summed E-state index contributed by atoms with van der Waals surface area (Å²) in [5.41, 5.74) is 3.81. The first-order chi connectivity index (χ1) is 10.1. The Hall–Kier alpha value is -1.35. The van der Waals surface area contributed by atoms with E-state index in [1.807, 2.05) is 0 Å². The van der Waals surface area contributed by atoms with Gasteiger partial charge in [0.2, 0.25) is 5.91 Å². The Bertz CT molecular complexity index is 536. The van der Waals surface area contributed by atoms with Crippen molar-refractivity contribution in [3.05, 3.63) is 34.9 Å². The molecule has 1 saturated heterocycles. The first-order valence-electron chi connectivity index (χ1n) is 8.27. The molecule has 2 aliphatic rings. The highest BCUT2D eigenvalue weighted by molar-refractivity contribution is 5.85. The summed E-state index contributed by atoms with van der Waals surface area (Å²) in [6, 6.07) is 7.02. The lowest BCUT2D eigenvalue weighted by atomic mass is 10.0. The fraction of sp³-hybridized carbons (Fsp3) is 0.611. The molecule has 2 fully saturated rings. The Kier molecular flexibility index (Phi) is 4.03. The van der Waals surface area contributed by atoms with Gasteiger partial charge in [-0.25, -0.2) is 0 Å². The van der Waals surface area contributed by atoms with Gasteiger partial charge in [-0.05, 0) is 44.2 Å². The molecule has 0 aromatic heterocycles. The molecule has 2 atom stereocenters. The van der Waals surface area contributed by atoms with Crippen LogP contribution in [0.2, 0.25) is 0 Å². The zero-order valence-corrected chi connectivity index (χ0v) is 13.4. The third-order valence-electron chi connectivity index (χ3n) is 4.71. The van der Waals surface area contributed by atoms with Gasteiger partial charge in [-0.15, -0.1) is 0 Å². The maximum Gasteiger partial charge on any atom is 0.241 e. The predicted molar refractivity (Wildman–Crippen MR) is 85.0 cm³/mol. The standard InChI is InChI=1S/C18H26N2O/c1-4-5-6-16-18(21)20(14-9-10-14)17(19-16)15-11-12(2)7-8-13(15)3/h7-8,11,14,16-17,19H,4-6,9-10H2,1-3H3. The molecular weight excluding hydrogens is 260 g/mol. The van der Waals surface area contributed by atoms with E-state index in [0.29, 0.717) is 11.9 Å². The molecule has 0 bridgehead atoms. The molecular formula is C18H26N2O. The minimum Gasteiger partial charge on any atom is -0.319 e. The minimum atomic E-state index is 0.00969. The molecule has 1 aliphatic carbocycles. The van der Waals surface area contributed by atoms with Crippen LogP contribution in [0.1, 0.15) is 61.9 Å². The van der Waals surface area contributed by atoms with Crippen LogP contribution >= 0.6 is 0 Å². The highest BCUT2D eigenvalue weighted by Crippen LogP contribution is 2.39. The molecule has 3 rings (SSSR count). The van der Waals surface area contributed by atoms with Crippen molar-refractivity contribution in [1.29, 1.82) is 0 Å². The van der Waals surface area contributed by atoms with E-state index < -0.39 is 0 Å². The lowest BCUT2D eigenvalue weighted by molar-refractivity contribution is -0.130. The molecule has 3 heteroatoms. The molecule has 1 aromatic carbocycles. The SMILES string of the molecule is CCCCC1NC(c2cc(C)ccc2C)N(C2CC2)C1=O. The van der Waals surface area contributed by atoms with Crippen LogP contribution in [0.4, 0.5) is 0 Å². The van der Waals surface area contributed by atoms with E-state index in [2.05, 4.69) is 49.2 Å². The number of rotatable bonds is 5. The van der Waals surface area contributed by atoms with Crippen molar-refractivity contribution in [2.75, 3.05) is 0 Å². The number of hydrogen-bond donors (Lipinski definition) is 1. The summed E-state index contributed by atoms with van der Waals surface area (Å²) in [5.74, 6) is 0.317. The van der Waals surface area contributed by atoms with Crippen LogP contribution in [0.25, 0.3) is 0 Å². The first kappa shape index (κ1) is 14.6. The van der Waals surface area contributed by atoms with Crippen molar-refractivity contribution in [3.63, 3.8) is 0 Å². The average molecular weight is 286 g/mol. The Morgan fingerprint density at radius 2 is 2.05 bits per heavy atom. The van der Waals surface area contributed by atoms with E-state index in [0.717, 1.165) is 32.1 Å². The fourth-order valence-electron chi connectivity index (χ4n) is 3.30. The van der Waals surface area contributed by atoms with Crippen molar-refractivity contribution in [2.45, 2.75) is 71.1 Å². The number of benzene rings is 1. The molecule has 1 amide bonds. The number of nitrogens with zero attached hydrogens (tertiary/aromatic N) is 1. The van der Waals surface area contributed by atoms with Crippen LogP contribution in [0.5, 0.6) is 0 Å². The molecule has 0 radical (unpaired) electrons. The second-order valence-corrected chi connectivity index (χ2v) is 6.60. The quantitative estimate of drug-likeness (QED) is 0.899. The maximum atomic E-state index is 12.7. The number of carbonyl (C=O) groups excluding carboxylic acids is 1. The molecule has 1 aromatic rings. The Labute approximate surface area is 127 Å². The minimum absolute atomic E-state index is 0.00969. The van der Waals surface area contributed by atoms with Crippen molar-refractivity contribution < 1.29 is 4.79 Å². The van der Waals surface area contributed by atoms with Crippen LogP contribution < -0.4 is 5.32 Å². The molecule has 1 saturated carbocycles. The summed E-state index contributed by atoms with van der Waals surface area (Å²) in [4.78, 5) is 14.9. The number of nitrogens with one attached hydrogen (secondary N) is 1. The van der Waals surface area contributed by atoms with Gasteiger partial charge >= 0.3 is 0 Å². The summed E-state index contributed by atoms with van der Waals surface area (Å²) in [6.07, 6.45) is 5.61. The zero-order chi connectivity index (χ0) is 15.0. The average Bonchev–Trinajstić information content (AvgIpc) is 3.24. The molecule has 0 spiro atoms. The monoisotopic (exact) mass is 286 g/mol. The molecule has 21 heavy (non-hydrogen) atoms. The normalized spacial score (nSPS) is 25.7. The number of hydrogen-bond acceptors (Lipinski definition) is 2. The van der Waals surface area contributed by atoms with Gasteiger partial charge < -0.3 is 4.90 Å². The summed E-state index contributed by atoms with van der Waals surface area (Å²) in [6.45, 7) is 6.45. The van der Waals surface area contributed by atoms with Crippen molar-refractivity contribution in [2.24, 2.45) is 0 Å². The van der Waals surface area contributed by atoms with E-state index >= 15 is 0 Å². The van der Waals surface area contributed by atoms with Crippen LogP contribution in [-0.4, -0.2) is 22.9 Å². The molecule has 2 unspecified atom stereocenters. The second-order valence-electron chi connectivity index (χ2n) is 6.60. The topological polar surface area (TPSA) is 32.3 Å². The third-order valence-corrected chi connectivity index (χ3v) is 4.71. The predicted octanol–water partition coefficient (Wildman–Crippen LogP) is 3.46. The van der Waals surface area contributed by atoms with E-state index in [9.17, 15) is 4.79 Å². The summed E-state index contributed by atoms with van der Waals surface area (Å²) in [5, 5.41) is 3.61. The van der Waals surface area contributed by atoms with Crippen LogP contribution in [0.15, 0.2) is 18.2 Å². The largest absolute Gasteiger partial charge is 0.319 e. The van der Waals surface area contributed by atoms with E-state index in [1.165, 1.54) is 16.7 Å². The third kappa shape index (κ3) is 2.84. The van der Waals surface area contributed by atoms with E-state index in [1.54, 1.807) is 0 Å². The van der Waals surface area contributed by atoms with Crippen LogP contribution in [0, 0.1) is 13.8 Å². The summed E-state index contributed by atoms with van der Waals surface area (Å²) >= 11 is 0. The van der Waals surface area contributed by atoms with Gasteiger partial charge in [0.15, 0.2) is 0 Å². The Morgan fingerprint density at radius 1 is 1.29 bits per heavy atom. The fourth-order valence-corrected chi connectivity index (χ4v) is 3.30. The highest BCUT2D eigenvalue weighted by Gasteiger charge is 2.46. The van der Waals surface area contributed by atoms with E-state index in [4.69, 9.17) is 0 Å². The molecule has 3 nitrogen and oxygen atoms in total. The second kappa shape index (κ2) is 5.80. The van der Waals surface area contributed by atoms with Gasteiger partial charge in [0.25, 0.3) is 0 Å². The van der Waals surface area contributed by atoms with Gasteiger partial charge in [-0.3, -0.25) is 10.1 Å². The Balaban J connectivity index is 1.88. The smallest absolute Gasteiger partial charge is 0.241 e. The van der Waals surface area contributed by atoms with Crippen molar-refractivity contribution in [3.8, 4) is 0 Å². The molecule has 1 N–H and O–H groups in total. The number of carbonyl (C=O) groups is 1. The van der Waals surface area contributed by atoms with Gasteiger partial charge in [-0.2, -0.15) is 0 Å². The van der Waals surface area contributed by atoms with Crippen molar-refractivity contribution >= 4 is 5.91 Å². The highest BCUT2D eigenvalue weighted by atomic mass is 16.2. The van der Waals surface area contributed by atoms with Crippen LogP contribution in [0.3, 0.4) is 0 Å². The van der Waals surface area contributed by atoms with Gasteiger partial charge in [0, 0.05) is 6.04 Å².